The number of carbonyl (C=O) groups is 1. The molecule has 1 unspecified atom stereocenters. The molecule has 5 nitrogen and oxygen atoms in total. The van der Waals surface area contributed by atoms with E-state index in [0.29, 0.717) is 12.0 Å². The summed E-state index contributed by atoms with van der Waals surface area (Å²) in [4.78, 5) is 23.8. The SMILES string of the molecule is O=C1CC(c2ccccc2)Cc2nc(N3CCNCC3)ncc21. The Morgan fingerprint density at radius 3 is 2.65 bits per heavy atom. The molecule has 1 aliphatic carbocycles. The van der Waals surface area contributed by atoms with E-state index in [9.17, 15) is 4.79 Å². The fraction of sp³-hybridized carbons (Fsp3) is 0.389. The molecule has 0 bridgehead atoms. The first-order valence-electron chi connectivity index (χ1n) is 8.21. The second-order valence-electron chi connectivity index (χ2n) is 6.21. The highest BCUT2D eigenvalue weighted by Crippen LogP contribution is 2.32. The first-order chi connectivity index (χ1) is 11.3. The molecule has 0 radical (unpaired) electrons. The van der Waals surface area contributed by atoms with Gasteiger partial charge in [-0.25, -0.2) is 9.97 Å². The van der Waals surface area contributed by atoms with Crippen LogP contribution in [0.25, 0.3) is 0 Å². The van der Waals surface area contributed by atoms with Crippen LogP contribution < -0.4 is 10.2 Å². The molecule has 23 heavy (non-hydrogen) atoms. The number of hydrogen-bond acceptors (Lipinski definition) is 5. The summed E-state index contributed by atoms with van der Waals surface area (Å²) in [5.74, 6) is 1.14. The molecule has 0 amide bonds. The third-order valence-electron chi connectivity index (χ3n) is 4.70. The zero-order valence-corrected chi connectivity index (χ0v) is 13.0. The standard InChI is InChI=1S/C18H20N4O/c23-17-11-14(13-4-2-1-3-5-13)10-16-15(17)12-20-18(21-16)22-8-6-19-7-9-22/h1-5,12,14,19H,6-11H2. The number of nitrogens with one attached hydrogen (secondary N) is 1. The van der Waals surface area contributed by atoms with Gasteiger partial charge in [-0.3, -0.25) is 4.79 Å². The van der Waals surface area contributed by atoms with Gasteiger partial charge >= 0.3 is 0 Å². The number of Topliss-reactive ketones (excluding diaryl/α,β-unsaturated/α-hetero) is 1. The van der Waals surface area contributed by atoms with Gasteiger partial charge in [0.25, 0.3) is 0 Å². The summed E-state index contributed by atoms with van der Waals surface area (Å²) in [7, 11) is 0. The molecule has 1 fully saturated rings. The predicted molar refractivity (Wildman–Crippen MR) is 88.9 cm³/mol. The van der Waals surface area contributed by atoms with Crippen LogP contribution in [-0.4, -0.2) is 41.9 Å². The Hall–Kier alpha value is -2.27. The molecule has 2 heterocycles. The van der Waals surface area contributed by atoms with Crippen molar-refractivity contribution in [3.05, 3.63) is 53.3 Å². The lowest BCUT2D eigenvalue weighted by atomic mass is 9.82. The number of carbonyl (C=O) groups excluding carboxylic acids is 1. The van der Waals surface area contributed by atoms with E-state index >= 15 is 0 Å². The largest absolute Gasteiger partial charge is 0.338 e. The summed E-state index contributed by atoms with van der Waals surface area (Å²) in [6, 6.07) is 10.3. The first-order valence-corrected chi connectivity index (χ1v) is 8.21. The number of rotatable bonds is 2. The highest BCUT2D eigenvalue weighted by molar-refractivity contribution is 5.98. The van der Waals surface area contributed by atoms with Gasteiger partial charge in [0.2, 0.25) is 5.95 Å². The summed E-state index contributed by atoms with van der Waals surface area (Å²) in [6.07, 6.45) is 3.09. The quantitative estimate of drug-likeness (QED) is 0.917. The summed E-state index contributed by atoms with van der Waals surface area (Å²) >= 11 is 0. The molecular formula is C18H20N4O. The predicted octanol–water partition coefficient (Wildman–Crippen LogP) is 1.80. The lowest BCUT2D eigenvalue weighted by Gasteiger charge is -2.29. The second-order valence-corrected chi connectivity index (χ2v) is 6.21. The van der Waals surface area contributed by atoms with E-state index in [1.807, 2.05) is 18.2 Å². The van der Waals surface area contributed by atoms with E-state index in [1.54, 1.807) is 6.20 Å². The fourth-order valence-corrected chi connectivity index (χ4v) is 3.41. The van der Waals surface area contributed by atoms with Crippen LogP contribution in [0.4, 0.5) is 5.95 Å². The van der Waals surface area contributed by atoms with Gasteiger partial charge in [-0.15, -0.1) is 0 Å². The number of anilines is 1. The Bertz CT molecular complexity index is 710. The lowest BCUT2D eigenvalue weighted by Crippen LogP contribution is -2.44. The summed E-state index contributed by atoms with van der Waals surface area (Å²) in [6.45, 7) is 3.72. The van der Waals surface area contributed by atoms with Crippen LogP contribution in [0, 0.1) is 0 Å². The van der Waals surface area contributed by atoms with Crippen molar-refractivity contribution in [2.24, 2.45) is 0 Å². The van der Waals surface area contributed by atoms with Crippen LogP contribution in [0.15, 0.2) is 36.5 Å². The minimum atomic E-state index is 0.159. The molecule has 4 rings (SSSR count). The highest BCUT2D eigenvalue weighted by atomic mass is 16.1. The maximum atomic E-state index is 12.5. The highest BCUT2D eigenvalue weighted by Gasteiger charge is 2.28. The Morgan fingerprint density at radius 1 is 1.09 bits per heavy atom. The summed E-state index contributed by atoms with van der Waals surface area (Å²) in [5, 5.41) is 3.33. The van der Waals surface area contributed by atoms with Crippen LogP contribution in [0.1, 0.15) is 34.0 Å². The molecule has 0 spiro atoms. The lowest BCUT2D eigenvalue weighted by molar-refractivity contribution is 0.0962. The van der Waals surface area contributed by atoms with Crippen molar-refractivity contribution in [1.29, 1.82) is 0 Å². The first kappa shape index (κ1) is 14.3. The second kappa shape index (κ2) is 6.08. The van der Waals surface area contributed by atoms with Crippen LogP contribution in [0.2, 0.25) is 0 Å². The van der Waals surface area contributed by atoms with E-state index in [-0.39, 0.29) is 11.7 Å². The maximum Gasteiger partial charge on any atom is 0.225 e. The monoisotopic (exact) mass is 308 g/mol. The zero-order chi connectivity index (χ0) is 15.6. The number of nitrogens with zero attached hydrogens (tertiary/aromatic N) is 3. The number of benzene rings is 1. The van der Waals surface area contributed by atoms with E-state index in [1.165, 1.54) is 5.56 Å². The molecule has 1 aromatic heterocycles. The minimum Gasteiger partial charge on any atom is -0.338 e. The summed E-state index contributed by atoms with van der Waals surface area (Å²) in [5.41, 5.74) is 2.82. The number of fused-ring (bicyclic) bond motifs is 1. The van der Waals surface area contributed by atoms with E-state index in [2.05, 4.69) is 27.3 Å². The van der Waals surface area contributed by atoms with E-state index in [4.69, 9.17) is 4.98 Å². The van der Waals surface area contributed by atoms with Gasteiger partial charge in [0.1, 0.15) is 0 Å². The fourth-order valence-electron chi connectivity index (χ4n) is 3.41. The number of hydrogen-bond donors (Lipinski definition) is 1. The Labute approximate surface area is 135 Å². The summed E-state index contributed by atoms with van der Waals surface area (Å²) < 4.78 is 0. The van der Waals surface area contributed by atoms with Gasteiger partial charge in [0.15, 0.2) is 5.78 Å². The van der Waals surface area contributed by atoms with Gasteiger partial charge < -0.3 is 10.2 Å². The van der Waals surface area contributed by atoms with Gasteiger partial charge in [0.05, 0.1) is 11.3 Å². The molecule has 2 aliphatic rings. The third-order valence-corrected chi connectivity index (χ3v) is 4.70. The van der Waals surface area contributed by atoms with Crippen molar-refractivity contribution in [2.45, 2.75) is 18.8 Å². The normalized spacial score (nSPS) is 21.1. The van der Waals surface area contributed by atoms with Crippen molar-refractivity contribution < 1.29 is 4.79 Å². The molecule has 2 aromatic rings. The molecule has 1 aliphatic heterocycles. The van der Waals surface area contributed by atoms with Gasteiger partial charge in [0, 0.05) is 38.8 Å². The Balaban J connectivity index is 1.63. The van der Waals surface area contributed by atoms with E-state index < -0.39 is 0 Å². The molecule has 1 N–H and O–H groups in total. The van der Waals surface area contributed by atoms with Crippen molar-refractivity contribution >= 4 is 11.7 Å². The van der Waals surface area contributed by atoms with Crippen LogP contribution in [0.3, 0.4) is 0 Å². The minimum absolute atomic E-state index is 0.159. The molecule has 0 saturated carbocycles. The van der Waals surface area contributed by atoms with E-state index in [0.717, 1.165) is 44.2 Å². The maximum absolute atomic E-state index is 12.5. The van der Waals surface area contributed by atoms with Gasteiger partial charge in [-0.1, -0.05) is 30.3 Å². The van der Waals surface area contributed by atoms with Crippen molar-refractivity contribution in [1.82, 2.24) is 15.3 Å². The molecule has 118 valence electrons. The molecule has 1 saturated heterocycles. The molecule has 1 aromatic carbocycles. The van der Waals surface area contributed by atoms with Crippen molar-refractivity contribution in [3.8, 4) is 0 Å². The van der Waals surface area contributed by atoms with Crippen LogP contribution in [0.5, 0.6) is 0 Å². The molecular weight excluding hydrogens is 288 g/mol. The zero-order valence-electron chi connectivity index (χ0n) is 13.0. The Morgan fingerprint density at radius 2 is 1.87 bits per heavy atom. The molecule has 1 atom stereocenters. The van der Waals surface area contributed by atoms with Crippen molar-refractivity contribution in [3.63, 3.8) is 0 Å². The number of aromatic nitrogens is 2. The van der Waals surface area contributed by atoms with Gasteiger partial charge in [-0.2, -0.15) is 0 Å². The van der Waals surface area contributed by atoms with Crippen LogP contribution in [-0.2, 0) is 6.42 Å². The average molecular weight is 308 g/mol. The topological polar surface area (TPSA) is 58.1 Å². The smallest absolute Gasteiger partial charge is 0.225 e. The van der Waals surface area contributed by atoms with Crippen molar-refractivity contribution in [2.75, 3.05) is 31.1 Å². The number of ketones is 1. The third kappa shape index (κ3) is 2.84. The van der Waals surface area contributed by atoms with Crippen LogP contribution >= 0.6 is 0 Å². The average Bonchev–Trinajstić information content (AvgIpc) is 2.63. The Kier molecular flexibility index (Phi) is 3.79. The molecule has 5 heteroatoms. The van der Waals surface area contributed by atoms with Gasteiger partial charge in [-0.05, 0) is 17.9 Å². The number of piperazine rings is 1.